The van der Waals surface area contributed by atoms with E-state index in [1.54, 1.807) is 4.90 Å². The van der Waals surface area contributed by atoms with E-state index >= 15 is 0 Å². The number of pyridine rings is 1. The molecule has 0 aromatic carbocycles. The Labute approximate surface area is 137 Å². The molecular formula is C16H19F3N4O. The van der Waals surface area contributed by atoms with Crippen molar-refractivity contribution in [2.75, 3.05) is 18.0 Å². The first-order valence-electron chi connectivity index (χ1n) is 7.72. The van der Waals surface area contributed by atoms with Crippen molar-refractivity contribution in [2.45, 2.75) is 32.5 Å². The van der Waals surface area contributed by atoms with Gasteiger partial charge in [0.25, 0.3) is 0 Å². The summed E-state index contributed by atoms with van der Waals surface area (Å²) in [4.78, 5) is 5.91. The predicted molar refractivity (Wildman–Crippen MR) is 82.7 cm³/mol. The molecule has 2 aromatic rings. The van der Waals surface area contributed by atoms with E-state index in [9.17, 15) is 18.3 Å². The highest BCUT2D eigenvalue weighted by atomic mass is 19.4. The number of hydrogen-bond acceptors (Lipinski definition) is 4. The Balaban J connectivity index is 1.78. The van der Waals surface area contributed by atoms with Gasteiger partial charge >= 0.3 is 6.18 Å². The van der Waals surface area contributed by atoms with Crippen LogP contribution in [-0.2, 0) is 12.6 Å². The highest BCUT2D eigenvalue weighted by molar-refractivity contribution is 5.45. The molecule has 1 aliphatic heterocycles. The SMILES string of the molecule is Cc1cc(C(F)(F)F)cc(N2C[C@@H](Cc3cc(C)[nH]n3)[C@H](O)C2)n1. The fourth-order valence-corrected chi connectivity index (χ4v) is 3.07. The monoisotopic (exact) mass is 340 g/mol. The zero-order valence-corrected chi connectivity index (χ0v) is 13.4. The number of β-amino-alcohol motifs (C(OH)–C–C–N with tert-alkyl or cyclic N) is 1. The Kier molecular flexibility index (Phi) is 4.25. The van der Waals surface area contributed by atoms with E-state index in [1.807, 2.05) is 13.0 Å². The number of aryl methyl sites for hydroxylation is 2. The molecule has 2 aromatic heterocycles. The molecule has 3 rings (SSSR count). The van der Waals surface area contributed by atoms with Crippen molar-refractivity contribution in [1.82, 2.24) is 15.2 Å². The summed E-state index contributed by atoms with van der Waals surface area (Å²) in [7, 11) is 0. The van der Waals surface area contributed by atoms with Gasteiger partial charge in [-0.15, -0.1) is 0 Å². The van der Waals surface area contributed by atoms with Gasteiger partial charge in [-0.1, -0.05) is 0 Å². The molecule has 0 spiro atoms. The molecule has 1 fully saturated rings. The molecule has 3 heterocycles. The first-order chi connectivity index (χ1) is 11.2. The quantitative estimate of drug-likeness (QED) is 0.901. The van der Waals surface area contributed by atoms with Crippen molar-refractivity contribution in [3.63, 3.8) is 0 Å². The second-order valence-electron chi connectivity index (χ2n) is 6.33. The number of aromatic nitrogens is 3. The van der Waals surface area contributed by atoms with Gasteiger partial charge in [-0.3, -0.25) is 5.10 Å². The molecule has 1 saturated heterocycles. The number of aliphatic hydroxyl groups is 1. The zero-order valence-electron chi connectivity index (χ0n) is 13.4. The summed E-state index contributed by atoms with van der Waals surface area (Å²) in [5, 5.41) is 17.3. The summed E-state index contributed by atoms with van der Waals surface area (Å²) in [6, 6.07) is 3.98. The molecule has 0 amide bonds. The van der Waals surface area contributed by atoms with Crippen molar-refractivity contribution < 1.29 is 18.3 Å². The number of aromatic amines is 1. The molecule has 1 aliphatic rings. The number of H-pyrrole nitrogens is 1. The molecule has 0 unspecified atom stereocenters. The molecule has 0 aliphatic carbocycles. The van der Waals surface area contributed by atoms with Gasteiger partial charge in [0.2, 0.25) is 0 Å². The minimum absolute atomic E-state index is 0.0932. The largest absolute Gasteiger partial charge is 0.416 e. The van der Waals surface area contributed by atoms with Crippen LogP contribution in [0.25, 0.3) is 0 Å². The fourth-order valence-electron chi connectivity index (χ4n) is 3.07. The number of hydrogen-bond donors (Lipinski definition) is 2. The summed E-state index contributed by atoms with van der Waals surface area (Å²) < 4.78 is 38.9. The van der Waals surface area contributed by atoms with Crippen LogP contribution >= 0.6 is 0 Å². The third-order valence-electron chi connectivity index (χ3n) is 4.23. The van der Waals surface area contributed by atoms with E-state index in [0.717, 1.165) is 23.5 Å². The number of aliphatic hydroxyl groups excluding tert-OH is 1. The van der Waals surface area contributed by atoms with Crippen LogP contribution in [0.3, 0.4) is 0 Å². The lowest BCUT2D eigenvalue weighted by Gasteiger charge is -2.19. The third-order valence-corrected chi connectivity index (χ3v) is 4.23. The van der Waals surface area contributed by atoms with Gasteiger partial charge < -0.3 is 10.0 Å². The van der Waals surface area contributed by atoms with E-state index in [4.69, 9.17) is 0 Å². The Morgan fingerprint density at radius 2 is 2.00 bits per heavy atom. The maximum atomic E-state index is 13.0. The van der Waals surface area contributed by atoms with Crippen molar-refractivity contribution in [3.05, 3.63) is 40.8 Å². The first-order valence-corrected chi connectivity index (χ1v) is 7.72. The minimum atomic E-state index is -4.41. The van der Waals surface area contributed by atoms with Crippen LogP contribution in [0.4, 0.5) is 19.0 Å². The number of alkyl halides is 3. The molecule has 0 bridgehead atoms. The van der Waals surface area contributed by atoms with Crippen molar-refractivity contribution in [1.29, 1.82) is 0 Å². The zero-order chi connectivity index (χ0) is 17.5. The van der Waals surface area contributed by atoms with Crippen LogP contribution in [0, 0.1) is 19.8 Å². The standard InChI is InChI=1S/C16H19F3N4O/c1-9-3-12(16(17,18)19)6-15(20-9)23-7-11(14(24)8-23)5-13-4-10(2)21-22-13/h3-4,6,11,14,24H,5,7-8H2,1-2H3,(H,21,22)/t11-,14-/m1/s1. The Morgan fingerprint density at radius 3 is 2.62 bits per heavy atom. The fraction of sp³-hybridized carbons (Fsp3) is 0.500. The van der Waals surface area contributed by atoms with E-state index in [0.29, 0.717) is 18.7 Å². The molecule has 0 saturated carbocycles. The molecule has 5 nitrogen and oxygen atoms in total. The number of halogens is 3. The summed E-state index contributed by atoms with van der Waals surface area (Å²) in [6.07, 6.45) is -4.47. The molecule has 0 radical (unpaired) electrons. The second-order valence-corrected chi connectivity index (χ2v) is 6.33. The smallest absolute Gasteiger partial charge is 0.391 e. The minimum Gasteiger partial charge on any atom is -0.391 e. The van der Waals surface area contributed by atoms with Crippen molar-refractivity contribution in [3.8, 4) is 0 Å². The lowest BCUT2D eigenvalue weighted by molar-refractivity contribution is -0.137. The first kappa shape index (κ1) is 16.8. The lowest BCUT2D eigenvalue weighted by Crippen LogP contribution is -2.23. The van der Waals surface area contributed by atoms with Gasteiger partial charge in [0, 0.05) is 30.4 Å². The number of nitrogens with one attached hydrogen (secondary N) is 1. The van der Waals surface area contributed by atoms with Gasteiger partial charge in [0.1, 0.15) is 5.82 Å². The van der Waals surface area contributed by atoms with Gasteiger partial charge in [0.15, 0.2) is 0 Å². The molecular weight excluding hydrogens is 321 g/mol. The Morgan fingerprint density at radius 1 is 1.25 bits per heavy atom. The highest BCUT2D eigenvalue weighted by Gasteiger charge is 2.35. The Hall–Kier alpha value is -2.09. The van der Waals surface area contributed by atoms with E-state index in [-0.39, 0.29) is 18.3 Å². The van der Waals surface area contributed by atoms with Gasteiger partial charge in [-0.25, -0.2) is 4.98 Å². The summed E-state index contributed by atoms with van der Waals surface area (Å²) in [5.41, 5.74) is 1.36. The van der Waals surface area contributed by atoms with Gasteiger partial charge in [0.05, 0.1) is 17.4 Å². The number of nitrogens with zero attached hydrogens (tertiary/aromatic N) is 3. The normalized spacial score (nSPS) is 21.5. The van der Waals surface area contributed by atoms with Crippen molar-refractivity contribution in [2.24, 2.45) is 5.92 Å². The van der Waals surface area contributed by atoms with Crippen LogP contribution in [0.5, 0.6) is 0 Å². The van der Waals surface area contributed by atoms with Crippen LogP contribution < -0.4 is 4.90 Å². The molecule has 2 atom stereocenters. The van der Waals surface area contributed by atoms with Gasteiger partial charge in [-0.2, -0.15) is 18.3 Å². The van der Waals surface area contributed by atoms with Crippen molar-refractivity contribution >= 4 is 5.82 Å². The van der Waals surface area contributed by atoms with E-state index in [1.165, 1.54) is 6.92 Å². The maximum absolute atomic E-state index is 13.0. The van der Waals surface area contributed by atoms with Crippen LogP contribution in [-0.4, -0.2) is 39.5 Å². The predicted octanol–water partition coefficient (Wildman–Crippen LogP) is 2.48. The van der Waals surface area contributed by atoms with E-state index < -0.39 is 17.8 Å². The summed E-state index contributed by atoms with van der Waals surface area (Å²) in [6.45, 7) is 4.14. The average Bonchev–Trinajstić information content (AvgIpc) is 3.04. The van der Waals surface area contributed by atoms with Crippen LogP contribution in [0.1, 0.15) is 22.6 Å². The molecule has 8 heteroatoms. The van der Waals surface area contributed by atoms with Gasteiger partial charge in [-0.05, 0) is 38.5 Å². The molecule has 24 heavy (non-hydrogen) atoms. The molecule has 2 N–H and O–H groups in total. The summed E-state index contributed by atoms with van der Waals surface area (Å²) >= 11 is 0. The molecule has 130 valence electrons. The van der Waals surface area contributed by atoms with Crippen LogP contribution in [0.15, 0.2) is 18.2 Å². The second kappa shape index (κ2) is 6.08. The summed E-state index contributed by atoms with van der Waals surface area (Å²) in [5.74, 6) is 0.159. The Bertz CT molecular complexity index is 728. The number of anilines is 1. The van der Waals surface area contributed by atoms with Crippen LogP contribution in [0.2, 0.25) is 0 Å². The third kappa shape index (κ3) is 3.53. The average molecular weight is 340 g/mol. The maximum Gasteiger partial charge on any atom is 0.416 e. The lowest BCUT2D eigenvalue weighted by atomic mass is 10.0. The highest BCUT2D eigenvalue weighted by Crippen LogP contribution is 2.33. The van der Waals surface area contributed by atoms with E-state index in [2.05, 4.69) is 15.2 Å². The number of rotatable bonds is 3. The topological polar surface area (TPSA) is 65.0 Å².